The first kappa shape index (κ1) is 16.3. The highest BCUT2D eigenvalue weighted by atomic mass is 16.2. The van der Waals surface area contributed by atoms with Gasteiger partial charge in [-0.1, -0.05) is 13.8 Å². The molecule has 0 atom stereocenters. The summed E-state index contributed by atoms with van der Waals surface area (Å²) in [7, 11) is 2.16. The molecule has 2 saturated heterocycles. The van der Waals surface area contributed by atoms with E-state index in [1.807, 2.05) is 13.8 Å². The number of hydrogen-bond donors (Lipinski definition) is 1. The van der Waals surface area contributed by atoms with Crippen LogP contribution in [0.25, 0.3) is 0 Å². The van der Waals surface area contributed by atoms with E-state index in [-0.39, 0.29) is 18.4 Å². The van der Waals surface area contributed by atoms with Crippen molar-refractivity contribution in [3.8, 4) is 0 Å². The van der Waals surface area contributed by atoms with Crippen LogP contribution < -0.4 is 5.32 Å². The monoisotopic (exact) mass is 295 g/mol. The molecule has 1 N–H and O–H groups in total. The molecule has 0 spiro atoms. The van der Waals surface area contributed by atoms with Crippen molar-refractivity contribution >= 4 is 11.8 Å². The standard InChI is InChI=1S/C16H29N3O2/c1-4-16(5-2)15(21)19(12-14(20)17-16)11-8-13-6-9-18(3)10-7-13/h13H,4-12H2,1-3H3,(H,17,20). The fourth-order valence-corrected chi connectivity index (χ4v) is 3.51. The molecule has 2 aliphatic heterocycles. The van der Waals surface area contributed by atoms with Gasteiger partial charge in [-0.3, -0.25) is 9.59 Å². The fourth-order valence-electron chi connectivity index (χ4n) is 3.51. The molecule has 2 amide bonds. The van der Waals surface area contributed by atoms with Crippen molar-refractivity contribution < 1.29 is 9.59 Å². The molecular weight excluding hydrogens is 266 g/mol. The minimum absolute atomic E-state index is 0.0123. The Hall–Kier alpha value is -1.10. The van der Waals surface area contributed by atoms with Crippen molar-refractivity contribution in [2.45, 2.75) is 51.5 Å². The van der Waals surface area contributed by atoms with Crippen LogP contribution in [0.3, 0.4) is 0 Å². The van der Waals surface area contributed by atoms with E-state index in [2.05, 4.69) is 17.3 Å². The first-order chi connectivity index (χ1) is 10.0. The Morgan fingerprint density at radius 3 is 2.38 bits per heavy atom. The maximum atomic E-state index is 12.7. The molecule has 2 fully saturated rings. The lowest BCUT2D eigenvalue weighted by molar-refractivity contribution is -0.150. The zero-order valence-electron chi connectivity index (χ0n) is 13.7. The third-order valence-corrected chi connectivity index (χ3v) is 5.26. The summed E-state index contributed by atoms with van der Waals surface area (Å²) in [4.78, 5) is 28.8. The molecule has 5 nitrogen and oxygen atoms in total. The summed E-state index contributed by atoms with van der Waals surface area (Å²) in [5.41, 5.74) is -0.665. The maximum Gasteiger partial charge on any atom is 0.248 e. The van der Waals surface area contributed by atoms with Gasteiger partial charge in [0.25, 0.3) is 0 Å². The number of piperazine rings is 1. The molecule has 5 heteroatoms. The van der Waals surface area contributed by atoms with Crippen LogP contribution in [0.2, 0.25) is 0 Å². The molecule has 0 aromatic heterocycles. The van der Waals surface area contributed by atoms with Crippen LogP contribution in [0.1, 0.15) is 46.0 Å². The van der Waals surface area contributed by atoms with Gasteiger partial charge in [-0.15, -0.1) is 0 Å². The molecule has 2 aliphatic rings. The van der Waals surface area contributed by atoms with Crippen LogP contribution in [-0.4, -0.2) is 60.4 Å². The second-order valence-corrected chi connectivity index (χ2v) is 6.60. The van der Waals surface area contributed by atoms with Crippen molar-refractivity contribution in [1.82, 2.24) is 15.1 Å². The number of nitrogens with zero attached hydrogens (tertiary/aromatic N) is 2. The smallest absolute Gasteiger partial charge is 0.248 e. The largest absolute Gasteiger partial charge is 0.340 e. The van der Waals surface area contributed by atoms with Crippen molar-refractivity contribution in [2.75, 3.05) is 33.2 Å². The lowest BCUT2D eigenvalue weighted by atomic mass is 9.88. The lowest BCUT2D eigenvalue weighted by Crippen LogP contribution is -2.66. The van der Waals surface area contributed by atoms with Gasteiger partial charge in [0, 0.05) is 6.54 Å². The molecule has 0 radical (unpaired) electrons. The third kappa shape index (κ3) is 3.57. The number of amides is 2. The second kappa shape index (κ2) is 6.77. The number of nitrogens with one attached hydrogen (secondary N) is 1. The number of piperidine rings is 1. The van der Waals surface area contributed by atoms with Crippen LogP contribution in [0.4, 0.5) is 0 Å². The second-order valence-electron chi connectivity index (χ2n) is 6.60. The highest BCUT2D eigenvalue weighted by Gasteiger charge is 2.43. The molecule has 0 aromatic rings. The molecule has 0 saturated carbocycles. The van der Waals surface area contributed by atoms with E-state index in [9.17, 15) is 9.59 Å². The van der Waals surface area contributed by atoms with Gasteiger partial charge in [0.2, 0.25) is 11.8 Å². The molecule has 0 aliphatic carbocycles. The predicted octanol–water partition coefficient (Wildman–Crippen LogP) is 1.24. The summed E-state index contributed by atoms with van der Waals surface area (Å²) in [6.07, 6.45) is 4.77. The van der Waals surface area contributed by atoms with E-state index in [0.717, 1.165) is 26.1 Å². The zero-order valence-corrected chi connectivity index (χ0v) is 13.7. The Morgan fingerprint density at radius 2 is 1.81 bits per heavy atom. The fraction of sp³-hybridized carbons (Fsp3) is 0.875. The molecule has 2 heterocycles. The van der Waals surface area contributed by atoms with E-state index >= 15 is 0 Å². The molecule has 0 bridgehead atoms. The van der Waals surface area contributed by atoms with Gasteiger partial charge in [0.15, 0.2) is 0 Å². The average Bonchev–Trinajstić information content (AvgIpc) is 2.49. The van der Waals surface area contributed by atoms with Gasteiger partial charge in [0.1, 0.15) is 5.54 Å². The van der Waals surface area contributed by atoms with Crippen LogP contribution in [0, 0.1) is 5.92 Å². The van der Waals surface area contributed by atoms with E-state index < -0.39 is 5.54 Å². The summed E-state index contributed by atoms with van der Waals surface area (Å²) in [5, 5.41) is 2.92. The summed E-state index contributed by atoms with van der Waals surface area (Å²) >= 11 is 0. The molecule has 2 rings (SSSR count). The number of rotatable bonds is 5. The third-order valence-electron chi connectivity index (χ3n) is 5.26. The van der Waals surface area contributed by atoms with E-state index in [4.69, 9.17) is 0 Å². The highest BCUT2D eigenvalue weighted by Crippen LogP contribution is 2.24. The van der Waals surface area contributed by atoms with Crippen molar-refractivity contribution in [3.63, 3.8) is 0 Å². The Balaban J connectivity index is 1.92. The lowest BCUT2D eigenvalue weighted by Gasteiger charge is -2.41. The number of carbonyl (C=O) groups is 2. The minimum atomic E-state index is -0.665. The number of carbonyl (C=O) groups excluding carboxylic acids is 2. The van der Waals surface area contributed by atoms with Gasteiger partial charge in [-0.2, -0.15) is 0 Å². The molecule has 21 heavy (non-hydrogen) atoms. The first-order valence-electron chi connectivity index (χ1n) is 8.29. The molecule has 0 aromatic carbocycles. The van der Waals surface area contributed by atoms with Gasteiger partial charge in [0.05, 0.1) is 6.54 Å². The van der Waals surface area contributed by atoms with Crippen molar-refractivity contribution in [1.29, 1.82) is 0 Å². The highest BCUT2D eigenvalue weighted by molar-refractivity contribution is 5.97. The van der Waals surface area contributed by atoms with E-state index in [1.165, 1.54) is 12.8 Å². The Kier molecular flexibility index (Phi) is 5.25. The van der Waals surface area contributed by atoms with Gasteiger partial charge >= 0.3 is 0 Å². The first-order valence-corrected chi connectivity index (χ1v) is 8.29. The summed E-state index contributed by atoms with van der Waals surface area (Å²) < 4.78 is 0. The topological polar surface area (TPSA) is 52.7 Å². The maximum absolute atomic E-state index is 12.7. The van der Waals surface area contributed by atoms with E-state index in [1.54, 1.807) is 4.90 Å². The molecular formula is C16H29N3O2. The molecule has 120 valence electrons. The number of hydrogen-bond acceptors (Lipinski definition) is 3. The number of likely N-dealkylation sites (tertiary alicyclic amines) is 1. The minimum Gasteiger partial charge on any atom is -0.340 e. The summed E-state index contributed by atoms with van der Waals surface area (Å²) in [5.74, 6) is 0.790. The quantitative estimate of drug-likeness (QED) is 0.830. The van der Waals surface area contributed by atoms with Crippen LogP contribution in [0.15, 0.2) is 0 Å². The Morgan fingerprint density at radius 1 is 1.19 bits per heavy atom. The summed E-state index contributed by atoms with van der Waals surface area (Å²) in [6.45, 7) is 7.19. The predicted molar refractivity (Wildman–Crippen MR) is 82.9 cm³/mol. The normalized spacial score (nSPS) is 24.2. The Labute approximate surface area is 128 Å². The van der Waals surface area contributed by atoms with Gasteiger partial charge in [-0.25, -0.2) is 0 Å². The van der Waals surface area contributed by atoms with Crippen LogP contribution >= 0.6 is 0 Å². The van der Waals surface area contributed by atoms with Crippen LogP contribution in [-0.2, 0) is 9.59 Å². The zero-order chi connectivity index (χ0) is 15.5. The average molecular weight is 295 g/mol. The van der Waals surface area contributed by atoms with Crippen molar-refractivity contribution in [3.05, 3.63) is 0 Å². The molecule has 0 unspecified atom stereocenters. The van der Waals surface area contributed by atoms with E-state index in [0.29, 0.717) is 18.8 Å². The van der Waals surface area contributed by atoms with Crippen LogP contribution in [0.5, 0.6) is 0 Å². The SMILES string of the molecule is CCC1(CC)NC(=O)CN(CCC2CCN(C)CC2)C1=O. The summed E-state index contributed by atoms with van der Waals surface area (Å²) in [6, 6.07) is 0. The Bertz CT molecular complexity index is 385. The van der Waals surface area contributed by atoms with Gasteiger partial charge in [-0.05, 0) is 58.2 Å². The van der Waals surface area contributed by atoms with Gasteiger partial charge < -0.3 is 15.1 Å². The van der Waals surface area contributed by atoms with Crippen molar-refractivity contribution in [2.24, 2.45) is 5.92 Å².